The van der Waals surface area contributed by atoms with Crippen molar-refractivity contribution >= 4 is 0 Å². The minimum Gasteiger partial charge on any atom is -0.496 e. The van der Waals surface area contributed by atoms with E-state index in [1.54, 1.807) is 7.11 Å². The lowest BCUT2D eigenvalue weighted by Crippen LogP contribution is -2.22. The molecule has 84 valence electrons. The van der Waals surface area contributed by atoms with Gasteiger partial charge in [0.1, 0.15) is 5.75 Å². The lowest BCUT2D eigenvalue weighted by Gasteiger charge is -2.23. The monoisotopic (exact) mass is 208 g/mol. The molecule has 0 aliphatic rings. The third-order valence-electron chi connectivity index (χ3n) is 2.84. The summed E-state index contributed by atoms with van der Waals surface area (Å²) in [5.41, 5.74) is 2.16. The van der Waals surface area contributed by atoms with E-state index in [0.29, 0.717) is 0 Å². The summed E-state index contributed by atoms with van der Waals surface area (Å²) in [5.74, 6) is 0.926. The highest BCUT2D eigenvalue weighted by Crippen LogP contribution is 2.28. The first-order chi connectivity index (χ1) is 7.05. The van der Waals surface area contributed by atoms with E-state index in [4.69, 9.17) is 4.74 Å². The van der Waals surface area contributed by atoms with E-state index < -0.39 is 0 Å². The highest BCUT2D eigenvalue weighted by molar-refractivity contribution is 5.39. The van der Waals surface area contributed by atoms with E-state index in [0.717, 1.165) is 17.7 Å². The van der Waals surface area contributed by atoms with Gasteiger partial charge in [-0.2, -0.15) is 0 Å². The van der Waals surface area contributed by atoms with Gasteiger partial charge < -0.3 is 9.84 Å². The van der Waals surface area contributed by atoms with Crippen LogP contribution in [-0.2, 0) is 11.8 Å². The van der Waals surface area contributed by atoms with E-state index in [-0.39, 0.29) is 12.0 Å². The molecule has 1 aromatic carbocycles. The lowest BCUT2D eigenvalue weighted by molar-refractivity contribution is 0.218. The summed E-state index contributed by atoms with van der Waals surface area (Å²) in [6.45, 7) is 6.33. The van der Waals surface area contributed by atoms with Crippen molar-refractivity contribution < 1.29 is 9.84 Å². The van der Waals surface area contributed by atoms with Crippen LogP contribution in [0.5, 0.6) is 5.75 Å². The molecule has 0 amide bonds. The zero-order chi connectivity index (χ0) is 11.5. The molecule has 2 nitrogen and oxygen atoms in total. The van der Waals surface area contributed by atoms with Gasteiger partial charge in [-0.3, -0.25) is 0 Å². The third-order valence-corrected chi connectivity index (χ3v) is 2.84. The molecule has 15 heavy (non-hydrogen) atoms. The van der Waals surface area contributed by atoms with Crippen LogP contribution in [0.15, 0.2) is 18.2 Å². The Morgan fingerprint density at radius 3 is 2.47 bits per heavy atom. The predicted molar refractivity (Wildman–Crippen MR) is 62.5 cm³/mol. The Morgan fingerprint density at radius 1 is 1.33 bits per heavy atom. The number of hydrogen-bond donors (Lipinski definition) is 1. The SMILES string of the molecule is CCc1cc(C(C)(C)CO)ccc1OC. The van der Waals surface area contributed by atoms with Gasteiger partial charge in [0, 0.05) is 5.41 Å². The number of ether oxygens (including phenoxy) is 1. The molecule has 0 heterocycles. The summed E-state index contributed by atoms with van der Waals surface area (Å²) < 4.78 is 5.28. The summed E-state index contributed by atoms with van der Waals surface area (Å²) in [5, 5.41) is 9.31. The standard InChI is InChI=1S/C13H20O2/c1-5-10-8-11(13(2,3)9-14)6-7-12(10)15-4/h6-8,14H,5,9H2,1-4H3. The summed E-state index contributed by atoms with van der Waals surface area (Å²) in [7, 11) is 1.69. The zero-order valence-electron chi connectivity index (χ0n) is 10.0. The zero-order valence-corrected chi connectivity index (χ0v) is 10.0. The second-order valence-corrected chi connectivity index (χ2v) is 4.42. The molecule has 0 saturated heterocycles. The van der Waals surface area contributed by atoms with E-state index in [9.17, 15) is 5.11 Å². The number of hydrogen-bond acceptors (Lipinski definition) is 2. The van der Waals surface area contributed by atoms with Crippen LogP contribution in [0, 0.1) is 0 Å². The number of aliphatic hydroxyl groups is 1. The van der Waals surface area contributed by atoms with Gasteiger partial charge in [0.25, 0.3) is 0 Å². The highest BCUT2D eigenvalue weighted by atomic mass is 16.5. The van der Waals surface area contributed by atoms with Crippen molar-refractivity contribution in [2.24, 2.45) is 0 Å². The molecule has 0 spiro atoms. The highest BCUT2D eigenvalue weighted by Gasteiger charge is 2.20. The largest absolute Gasteiger partial charge is 0.496 e. The van der Waals surface area contributed by atoms with Crippen LogP contribution in [0.1, 0.15) is 31.9 Å². The number of rotatable bonds is 4. The van der Waals surface area contributed by atoms with Crippen molar-refractivity contribution in [1.82, 2.24) is 0 Å². The van der Waals surface area contributed by atoms with E-state index in [1.807, 2.05) is 26.0 Å². The minimum absolute atomic E-state index is 0.155. The van der Waals surface area contributed by atoms with E-state index >= 15 is 0 Å². The van der Waals surface area contributed by atoms with Gasteiger partial charge >= 0.3 is 0 Å². The van der Waals surface area contributed by atoms with E-state index in [2.05, 4.69) is 13.0 Å². The first-order valence-electron chi connectivity index (χ1n) is 5.33. The molecular weight excluding hydrogens is 188 g/mol. The fourth-order valence-electron chi connectivity index (χ4n) is 1.57. The Kier molecular flexibility index (Phi) is 3.75. The van der Waals surface area contributed by atoms with Gasteiger partial charge in [-0.15, -0.1) is 0 Å². The number of benzene rings is 1. The first-order valence-corrected chi connectivity index (χ1v) is 5.33. The average Bonchev–Trinajstić information content (AvgIpc) is 2.28. The van der Waals surface area contributed by atoms with Crippen LogP contribution in [0.4, 0.5) is 0 Å². The van der Waals surface area contributed by atoms with Gasteiger partial charge in [0.15, 0.2) is 0 Å². The Morgan fingerprint density at radius 2 is 2.00 bits per heavy atom. The molecule has 2 heteroatoms. The van der Waals surface area contributed by atoms with Gasteiger partial charge in [-0.05, 0) is 23.6 Å². The summed E-state index contributed by atoms with van der Waals surface area (Å²) in [6.07, 6.45) is 0.943. The van der Waals surface area contributed by atoms with Crippen molar-refractivity contribution in [2.75, 3.05) is 13.7 Å². The molecule has 0 unspecified atom stereocenters. The van der Waals surface area contributed by atoms with Crippen molar-refractivity contribution in [3.63, 3.8) is 0 Å². The van der Waals surface area contributed by atoms with Gasteiger partial charge in [-0.1, -0.05) is 32.9 Å². The molecule has 0 aromatic heterocycles. The second kappa shape index (κ2) is 4.67. The summed E-state index contributed by atoms with van der Waals surface area (Å²) in [4.78, 5) is 0. The number of methoxy groups -OCH3 is 1. The van der Waals surface area contributed by atoms with Crippen LogP contribution in [0.2, 0.25) is 0 Å². The smallest absolute Gasteiger partial charge is 0.122 e. The average molecular weight is 208 g/mol. The lowest BCUT2D eigenvalue weighted by atomic mass is 9.84. The van der Waals surface area contributed by atoms with E-state index in [1.165, 1.54) is 5.56 Å². The first kappa shape index (κ1) is 12.1. The Labute approximate surface area is 91.9 Å². The number of aryl methyl sites for hydroxylation is 1. The maximum Gasteiger partial charge on any atom is 0.122 e. The molecule has 0 aliphatic heterocycles. The molecule has 1 aromatic rings. The normalized spacial score (nSPS) is 11.5. The van der Waals surface area contributed by atoms with Crippen LogP contribution in [0.3, 0.4) is 0 Å². The summed E-state index contributed by atoms with van der Waals surface area (Å²) >= 11 is 0. The van der Waals surface area contributed by atoms with Crippen molar-refractivity contribution in [1.29, 1.82) is 0 Å². The molecule has 0 saturated carbocycles. The predicted octanol–water partition coefficient (Wildman–Crippen LogP) is 2.53. The molecule has 0 atom stereocenters. The second-order valence-electron chi connectivity index (χ2n) is 4.42. The van der Waals surface area contributed by atoms with Crippen LogP contribution in [-0.4, -0.2) is 18.8 Å². The van der Waals surface area contributed by atoms with Crippen molar-refractivity contribution in [3.05, 3.63) is 29.3 Å². The van der Waals surface area contributed by atoms with Crippen LogP contribution in [0.25, 0.3) is 0 Å². The topological polar surface area (TPSA) is 29.5 Å². The maximum absolute atomic E-state index is 9.31. The fraction of sp³-hybridized carbons (Fsp3) is 0.538. The molecule has 1 rings (SSSR count). The van der Waals surface area contributed by atoms with Gasteiger partial charge in [0.2, 0.25) is 0 Å². The molecule has 1 N–H and O–H groups in total. The quantitative estimate of drug-likeness (QED) is 0.824. The van der Waals surface area contributed by atoms with Crippen molar-refractivity contribution in [3.8, 4) is 5.75 Å². The molecule has 0 fully saturated rings. The third kappa shape index (κ3) is 2.51. The maximum atomic E-state index is 9.31. The fourth-order valence-corrected chi connectivity index (χ4v) is 1.57. The van der Waals surface area contributed by atoms with Crippen LogP contribution >= 0.6 is 0 Å². The molecule has 0 bridgehead atoms. The minimum atomic E-state index is -0.184. The molecule has 0 radical (unpaired) electrons. The van der Waals surface area contributed by atoms with Crippen LogP contribution < -0.4 is 4.74 Å². The molecule has 0 aliphatic carbocycles. The number of aliphatic hydroxyl groups excluding tert-OH is 1. The molecular formula is C13H20O2. The van der Waals surface area contributed by atoms with Crippen molar-refractivity contribution in [2.45, 2.75) is 32.6 Å². The van der Waals surface area contributed by atoms with Gasteiger partial charge in [0.05, 0.1) is 13.7 Å². The summed E-state index contributed by atoms with van der Waals surface area (Å²) in [6, 6.07) is 6.12. The Hall–Kier alpha value is -1.02. The van der Waals surface area contributed by atoms with Gasteiger partial charge in [-0.25, -0.2) is 0 Å². The Bertz CT molecular complexity index is 329. The Balaban J connectivity index is 3.13.